The molecule has 1 amide bonds. The van der Waals surface area contributed by atoms with Crippen molar-refractivity contribution in [1.82, 2.24) is 5.32 Å². The highest BCUT2D eigenvalue weighted by atomic mass is 35.5. The fourth-order valence-electron chi connectivity index (χ4n) is 1.30. The molecule has 0 saturated carbocycles. The quantitative estimate of drug-likeness (QED) is 0.867. The Kier molecular flexibility index (Phi) is 7.31. The van der Waals surface area contributed by atoms with Crippen molar-refractivity contribution < 1.29 is 13.9 Å². The van der Waals surface area contributed by atoms with Crippen molar-refractivity contribution in [2.24, 2.45) is 0 Å². The van der Waals surface area contributed by atoms with Crippen LogP contribution in [0.3, 0.4) is 0 Å². The van der Waals surface area contributed by atoms with Crippen molar-refractivity contribution >= 4 is 24.0 Å². The van der Waals surface area contributed by atoms with Crippen molar-refractivity contribution in [3.63, 3.8) is 0 Å². The van der Waals surface area contributed by atoms with Gasteiger partial charge in [-0.15, -0.1) is 12.4 Å². The maximum atomic E-state index is 13.6. The molecular weight excluding hydrogens is 259 g/mol. The van der Waals surface area contributed by atoms with E-state index in [-0.39, 0.29) is 36.7 Å². The van der Waals surface area contributed by atoms with E-state index in [1.165, 1.54) is 12.1 Å². The summed E-state index contributed by atoms with van der Waals surface area (Å²) in [6.07, 6.45) is -0.0147. The predicted octanol–water partition coefficient (Wildman–Crippen LogP) is 2.19. The molecule has 18 heavy (non-hydrogen) atoms. The molecule has 0 radical (unpaired) electrons. The zero-order valence-corrected chi connectivity index (χ0v) is 11.4. The van der Waals surface area contributed by atoms with Gasteiger partial charge in [-0.1, -0.05) is 0 Å². The zero-order chi connectivity index (χ0) is 12.8. The van der Waals surface area contributed by atoms with Gasteiger partial charge in [0.15, 0.2) is 0 Å². The van der Waals surface area contributed by atoms with Gasteiger partial charge in [-0.2, -0.15) is 0 Å². The Morgan fingerprint density at radius 1 is 1.44 bits per heavy atom. The first-order valence-electron chi connectivity index (χ1n) is 5.43. The van der Waals surface area contributed by atoms with Crippen LogP contribution in [0.15, 0.2) is 18.2 Å². The molecule has 1 rings (SSSR count). The van der Waals surface area contributed by atoms with Crippen LogP contribution in [-0.4, -0.2) is 25.6 Å². The second-order valence-corrected chi connectivity index (χ2v) is 3.89. The van der Waals surface area contributed by atoms with E-state index in [4.69, 9.17) is 4.74 Å². The van der Waals surface area contributed by atoms with E-state index in [9.17, 15) is 9.18 Å². The number of carbonyl (C=O) groups is 1. The summed E-state index contributed by atoms with van der Waals surface area (Å²) in [4.78, 5) is 11.3. The fourth-order valence-corrected chi connectivity index (χ4v) is 1.30. The monoisotopic (exact) mass is 276 g/mol. The number of halogens is 2. The van der Waals surface area contributed by atoms with Gasteiger partial charge < -0.3 is 15.4 Å². The van der Waals surface area contributed by atoms with E-state index < -0.39 is 5.82 Å². The molecule has 1 aromatic rings. The average Bonchev–Trinajstić information content (AvgIpc) is 2.21. The van der Waals surface area contributed by atoms with Crippen molar-refractivity contribution in [3.05, 3.63) is 24.0 Å². The van der Waals surface area contributed by atoms with Crippen LogP contribution in [0.25, 0.3) is 0 Å². The molecular formula is C12H18ClFN2O2. The molecule has 2 N–H and O–H groups in total. The zero-order valence-electron chi connectivity index (χ0n) is 10.6. The summed E-state index contributed by atoms with van der Waals surface area (Å²) < 4.78 is 18.9. The van der Waals surface area contributed by atoms with Crippen LogP contribution in [0.1, 0.15) is 13.8 Å². The average molecular weight is 277 g/mol. The summed E-state index contributed by atoms with van der Waals surface area (Å²) in [6.45, 7) is 3.87. The van der Waals surface area contributed by atoms with Crippen LogP contribution in [-0.2, 0) is 4.79 Å². The molecule has 6 heteroatoms. The van der Waals surface area contributed by atoms with E-state index in [0.29, 0.717) is 5.75 Å². The third kappa shape index (κ3) is 5.33. The lowest BCUT2D eigenvalue weighted by molar-refractivity contribution is -0.115. The summed E-state index contributed by atoms with van der Waals surface area (Å²) in [6, 6.07) is 4.37. The van der Waals surface area contributed by atoms with Crippen molar-refractivity contribution in [2.75, 3.05) is 18.9 Å². The molecule has 0 aliphatic rings. The molecule has 0 spiro atoms. The van der Waals surface area contributed by atoms with Crippen LogP contribution >= 0.6 is 12.4 Å². The standard InChI is InChI=1S/C12H17FN2O2.ClH/c1-8(2)17-9-4-5-11(10(13)6-9)15-12(16)7-14-3;/h4-6,8,14H,7H2,1-3H3,(H,15,16);1H. The van der Waals surface area contributed by atoms with E-state index in [0.717, 1.165) is 0 Å². The van der Waals surface area contributed by atoms with Gasteiger partial charge in [0.05, 0.1) is 18.3 Å². The highest BCUT2D eigenvalue weighted by Gasteiger charge is 2.08. The molecule has 0 fully saturated rings. The van der Waals surface area contributed by atoms with Crippen molar-refractivity contribution in [1.29, 1.82) is 0 Å². The molecule has 0 saturated heterocycles. The maximum Gasteiger partial charge on any atom is 0.238 e. The molecule has 0 bridgehead atoms. The largest absolute Gasteiger partial charge is 0.491 e. The van der Waals surface area contributed by atoms with E-state index in [1.807, 2.05) is 13.8 Å². The summed E-state index contributed by atoms with van der Waals surface area (Å²) in [5, 5.41) is 5.15. The third-order valence-corrected chi connectivity index (χ3v) is 1.92. The Balaban J connectivity index is 0.00000289. The van der Waals surface area contributed by atoms with E-state index in [1.54, 1.807) is 13.1 Å². The van der Waals surface area contributed by atoms with Crippen LogP contribution < -0.4 is 15.4 Å². The molecule has 0 heterocycles. The maximum absolute atomic E-state index is 13.6. The first-order chi connectivity index (χ1) is 8.02. The number of carbonyl (C=O) groups excluding carboxylic acids is 1. The molecule has 0 aromatic heterocycles. The number of likely N-dealkylation sites (N-methyl/N-ethyl adjacent to an activating group) is 1. The van der Waals surface area contributed by atoms with Gasteiger partial charge in [0.1, 0.15) is 11.6 Å². The smallest absolute Gasteiger partial charge is 0.238 e. The second kappa shape index (κ2) is 7.89. The summed E-state index contributed by atoms with van der Waals surface area (Å²) in [5.74, 6) is -0.347. The topological polar surface area (TPSA) is 50.4 Å². The van der Waals surface area contributed by atoms with E-state index in [2.05, 4.69) is 10.6 Å². The summed E-state index contributed by atoms with van der Waals surface area (Å²) >= 11 is 0. The first kappa shape index (κ1) is 16.7. The highest BCUT2D eigenvalue weighted by molar-refractivity contribution is 5.92. The van der Waals surface area contributed by atoms with Gasteiger partial charge in [-0.05, 0) is 33.0 Å². The van der Waals surface area contributed by atoms with Crippen molar-refractivity contribution in [3.8, 4) is 5.75 Å². The summed E-state index contributed by atoms with van der Waals surface area (Å²) in [5.41, 5.74) is 0.154. The first-order valence-corrected chi connectivity index (χ1v) is 5.43. The normalized spacial score (nSPS) is 9.83. The van der Waals surface area contributed by atoms with Crippen molar-refractivity contribution in [2.45, 2.75) is 20.0 Å². The number of hydrogen-bond donors (Lipinski definition) is 2. The number of nitrogens with one attached hydrogen (secondary N) is 2. The van der Waals surface area contributed by atoms with Gasteiger partial charge >= 0.3 is 0 Å². The lowest BCUT2D eigenvalue weighted by Gasteiger charge is -2.11. The van der Waals surface area contributed by atoms with Crippen LogP contribution in [0, 0.1) is 5.82 Å². The summed E-state index contributed by atoms with van der Waals surface area (Å²) in [7, 11) is 1.65. The second-order valence-electron chi connectivity index (χ2n) is 3.89. The molecule has 0 unspecified atom stereocenters. The Hall–Kier alpha value is -1.33. The number of rotatable bonds is 5. The number of ether oxygens (including phenoxy) is 1. The Bertz CT molecular complexity index is 400. The SMILES string of the molecule is CNCC(=O)Nc1ccc(OC(C)C)cc1F.Cl. The lowest BCUT2D eigenvalue weighted by atomic mass is 10.2. The predicted molar refractivity (Wildman–Crippen MR) is 72.0 cm³/mol. The van der Waals surface area contributed by atoms with Gasteiger partial charge in [0.25, 0.3) is 0 Å². The fraction of sp³-hybridized carbons (Fsp3) is 0.417. The third-order valence-electron chi connectivity index (χ3n) is 1.92. The number of benzene rings is 1. The molecule has 4 nitrogen and oxygen atoms in total. The van der Waals surface area contributed by atoms with E-state index >= 15 is 0 Å². The van der Waals surface area contributed by atoms with Gasteiger partial charge in [-0.3, -0.25) is 4.79 Å². The van der Waals surface area contributed by atoms with Gasteiger partial charge in [0, 0.05) is 6.07 Å². The Morgan fingerprint density at radius 2 is 2.11 bits per heavy atom. The molecule has 0 aliphatic heterocycles. The molecule has 0 aliphatic carbocycles. The Labute approximate surface area is 112 Å². The van der Waals surface area contributed by atoms with Crippen LogP contribution in [0.4, 0.5) is 10.1 Å². The minimum absolute atomic E-state index is 0. The number of hydrogen-bond acceptors (Lipinski definition) is 3. The minimum atomic E-state index is -0.507. The molecule has 0 atom stereocenters. The number of anilines is 1. The highest BCUT2D eigenvalue weighted by Crippen LogP contribution is 2.21. The van der Waals surface area contributed by atoms with Crippen LogP contribution in [0.2, 0.25) is 0 Å². The van der Waals surface area contributed by atoms with Gasteiger partial charge in [-0.25, -0.2) is 4.39 Å². The molecule has 1 aromatic carbocycles. The minimum Gasteiger partial charge on any atom is -0.491 e. The Morgan fingerprint density at radius 3 is 2.61 bits per heavy atom. The lowest BCUT2D eigenvalue weighted by Crippen LogP contribution is -2.25. The number of amides is 1. The van der Waals surface area contributed by atoms with Crippen LogP contribution in [0.5, 0.6) is 5.75 Å². The molecule has 102 valence electrons. The van der Waals surface area contributed by atoms with Gasteiger partial charge in [0.2, 0.25) is 5.91 Å².